The van der Waals surface area contributed by atoms with Gasteiger partial charge in [0, 0.05) is 13.1 Å². The van der Waals surface area contributed by atoms with E-state index in [2.05, 4.69) is 5.32 Å². The third-order valence-corrected chi connectivity index (χ3v) is 5.37. The van der Waals surface area contributed by atoms with Crippen molar-refractivity contribution in [3.63, 3.8) is 0 Å². The lowest BCUT2D eigenvalue weighted by Crippen LogP contribution is -2.48. The lowest BCUT2D eigenvalue weighted by Gasteiger charge is -2.29. The van der Waals surface area contributed by atoms with Crippen LogP contribution in [0.2, 0.25) is 10.0 Å². The Hall–Kier alpha value is -2.04. The van der Waals surface area contributed by atoms with Crippen LogP contribution >= 0.6 is 23.2 Å². The van der Waals surface area contributed by atoms with Crippen molar-refractivity contribution in [2.24, 2.45) is 5.92 Å². The SMILES string of the molecule is Cc1cccc(CN(C(=O)Cc2ccc(Cl)c(Cl)c2)[C@H](C)C(=O)NCC(C)C)c1. The van der Waals surface area contributed by atoms with Crippen molar-refractivity contribution in [2.75, 3.05) is 6.54 Å². The second-order valence-electron chi connectivity index (χ2n) is 7.75. The molecule has 0 unspecified atom stereocenters. The number of halogens is 2. The van der Waals surface area contributed by atoms with Gasteiger partial charge in [0.25, 0.3) is 0 Å². The summed E-state index contributed by atoms with van der Waals surface area (Å²) in [4.78, 5) is 27.4. The van der Waals surface area contributed by atoms with Gasteiger partial charge in [0.2, 0.25) is 11.8 Å². The van der Waals surface area contributed by atoms with Gasteiger partial charge in [-0.2, -0.15) is 0 Å². The maximum atomic E-state index is 13.2. The van der Waals surface area contributed by atoms with Crippen molar-refractivity contribution in [2.45, 2.75) is 46.7 Å². The molecule has 2 aromatic rings. The van der Waals surface area contributed by atoms with E-state index < -0.39 is 6.04 Å². The van der Waals surface area contributed by atoms with Crippen LogP contribution in [0.15, 0.2) is 42.5 Å². The van der Waals surface area contributed by atoms with E-state index in [1.165, 1.54) is 0 Å². The summed E-state index contributed by atoms with van der Waals surface area (Å²) in [5.74, 6) is 0.0363. The smallest absolute Gasteiger partial charge is 0.242 e. The summed E-state index contributed by atoms with van der Waals surface area (Å²) in [6.45, 7) is 8.76. The highest BCUT2D eigenvalue weighted by Gasteiger charge is 2.26. The molecule has 0 heterocycles. The van der Waals surface area contributed by atoms with Crippen molar-refractivity contribution in [1.82, 2.24) is 10.2 Å². The maximum absolute atomic E-state index is 13.2. The predicted molar refractivity (Wildman–Crippen MR) is 119 cm³/mol. The zero-order valence-corrected chi connectivity index (χ0v) is 18.8. The number of amides is 2. The van der Waals surface area contributed by atoms with Crippen LogP contribution in [0.25, 0.3) is 0 Å². The monoisotopic (exact) mass is 434 g/mol. The fourth-order valence-electron chi connectivity index (χ4n) is 2.97. The molecule has 4 nitrogen and oxygen atoms in total. The summed E-state index contributed by atoms with van der Waals surface area (Å²) in [5.41, 5.74) is 2.85. The number of hydrogen-bond acceptors (Lipinski definition) is 2. The molecule has 2 aromatic carbocycles. The van der Waals surface area contributed by atoms with Gasteiger partial charge in [-0.05, 0) is 43.0 Å². The second kappa shape index (κ2) is 10.7. The van der Waals surface area contributed by atoms with Crippen LogP contribution in [0.3, 0.4) is 0 Å². The van der Waals surface area contributed by atoms with Crippen molar-refractivity contribution < 1.29 is 9.59 Å². The van der Waals surface area contributed by atoms with Gasteiger partial charge in [0.05, 0.1) is 16.5 Å². The van der Waals surface area contributed by atoms with Gasteiger partial charge in [-0.15, -0.1) is 0 Å². The van der Waals surface area contributed by atoms with Crippen LogP contribution in [-0.2, 0) is 22.6 Å². The molecule has 0 bridgehead atoms. The van der Waals surface area contributed by atoms with Gasteiger partial charge in [0.1, 0.15) is 6.04 Å². The van der Waals surface area contributed by atoms with E-state index in [9.17, 15) is 9.59 Å². The van der Waals surface area contributed by atoms with E-state index >= 15 is 0 Å². The molecule has 0 saturated carbocycles. The minimum atomic E-state index is -0.593. The molecule has 6 heteroatoms. The van der Waals surface area contributed by atoms with E-state index in [1.807, 2.05) is 45.0 Å². The number of nitrogens with one attached hydrogen (secondary N) is 1. The molecule has 0 saturated heterocycles. The molecular formula is C23H28Cl2N2O2. The van der Waals surface area contributed by atoms with Crippen LogP contribution in [-0.4, -0.2) is 29.3 Å². The van der Waals surface area contributed by atoms with Crippen LogP contribution in [0.1, 0.15) is 37.5 Å². The molecule has 0 aliphatic heterocycles. The first-order chi connectivity index (χ1) is 13.7. The number of benzene rings is 2. The Morgan fingerprint density at radius 3 is 2.34 bits per heavy atom. The van der Waals surface area contributed by atoms with Gasteiger partial charge in [-0.1, -0.05) is 72.9 Å². The van der Waals surface area contributed by atoms with E-state index in [4.69, 9.17) is 23.2 Å². The number of hydrogen-bond donors (Lipinski definition) is 1. The molecule has 2 rings (SSSR count). The molecule has 0 fully saturated rings. The van der Waals surface area contributed by atoms with E-state index in [0.29, 0.717) is 29.1 Å². The van der Waals surface area contributed by atoms with Crippen molar-refractivity contribution in [3.8, 4) is 0 Å². The Kier molecular flexibility index (Phi) is 8.54. The van der Waals surface area contributed by atoms with Gasteiger partial charge in [0.15, 0.2) is 0 Å². The van der Waals surface area contributed by atoms with E-state index in [1.54, 1.807) is 30.0 Å². The Morgan fingerprint density at radius 1 is 1.00 bits per heavy atom. The Bertz CT molecular complexity index is 868. The van der Waals surface area contributed by atoms with Gasteiger partial charge < -0.3 is 10.2 Å². The molecule has 1 N–H and O–H groups in total. The predicted octanol–water partition coefficient (Wildman–Crippen LogP) is 5.03. The van der Waals surface area contributed by atoms with Gasteiger partial charge in [-0.3, -0.25) is 9.59 Å². The third-order valence-electron chi connectivity index (χ3n) is 4.63. The highest BCUT2D eigenvalue weighted by atomic mass is 35.5. The number of aryl methyl sites for hydroxylation is 1. The average molecular weight is 435 g/mol. The van der Waals surface area contributed by atoms with Crippen LogP contribution in [0.4, 0.5) is 0 Å². The molecule has 0 aromatic heterocycles. The molecule has 156 valence electrons. The minimum absolute atomic E-state index is 0.142. The summed E-state index contributed by atoms with van der Waals surface area (Å²) < 4.78 is 0. The number of carbonyl (C=O) groups is 2. The van der Waals surface area contributed by atoms with Gasteiger partial charge in [-0.25, -0.2) is 0 Å². The fraction of sp³-hybridized carbons (Fsp3) is 0.391. The topological polar surface area (TPSA) is 49.4 Å². The maximum Gasteiger partial charge on any atom is 0.242 e. The van der Waals surface area contributed by atoms with Crippen molar-refractivity contribution in [3.05, 3.63) is 69.2 Å². The quantitative estimate of drug-likeness (QED) is 0.632. The zero-order chi connectivity index (χ0) is 21.6. The van der Waals surface area contributed by atoms with Crippen LogP contribution in [0.5, 0.6) is 0 Å². The first-order valence-corrected chi connectivity index (χ1v) is 10.5. The highest BCUT2D eigenvalue weighted by molar-refractivity contribution is 6.42. The molecule has 1 atom stereocenters. The van der Waals surface area contributed by atoms with Crippen LogP contribution < -0.4 is 5.32 Å². The summed E-state index contributed by atoms with van der Waals surface area (Å²) in [6, 6.07) is 12.5. The number of rotatable bonds is 8. The summed E-state index contributed by atoms with van der Waals surface area (Å²) in [7, 11) is 0. The Balaban J connectivity index is 2.23. The zero-order valence-electron chi connectivity index (χ0n) is 17.3. The summed E-state index contributed by atoms with van der Waals surface area (Å²) >= 11 is 12.1. The summed E-state index contributed by atoms with van der Waals surface area (Å²) in [5, 5.41) is 3.78. The summed E-state index contributed by atoms with van der Waals surface area (Å²) in [6.07, 6.45) is 0.143. The van der Waals surface area contributed by atoms with E-state index in [0.717, 1.165) is 16.7 Å². The van der Waals surface area contributed by atoms with Gasteiger partial charge >= 0.3 is 0 Å². The molecule has 2 amide bonds. The van der Waals surface area contributed by atoms with Crippen molar-refractivity contribution >= 4 is 35.0 Å². The molecule has 0 radical (unpaired) electrons. The Morgan fingerprint density at radius 2 is 1.72 bits per heavy atom. The second-order valence-corrected chi connectivity index (χ2v) is 8.57. The molecule has 0 aliphatic rings. The molecule has 29 heavy (non-hydrogen) atoms. The minimum Gasteiger partial charge on any atom is -0.354 e. The number of nitrogens with zero attached hydrogens (tertiary/aromatic N) is 1. The fourth-order valence-corrected chi connectivity index (χ4v) is 3.29. The molecular weight excluding hydrogens is 407 g/mol. The average Bonchev–Trinajstić information content (AvgIpc) is 2.66. The Labute approximate surface area is 183 Å². The highest BCUT2D eigenvalue weighted by Crippen LogP contribution is 2.23. The molecule has 0 aliphatic carbocycles. The first kappa shape index (κ1) is 23.2. The van der Waals surface area contributed by atoms with Crippen LogP contribution in [0, 0.1) is 12.8 Å². The molecule has 0 spiro atoms. The number of carbonyl (C=O) groups excluding carboxylic acids is 2. The third kappa shape index (κ3) is 7.06. The van der Waals surface area contributed by atoms with Crippen molar-refractivity contribution in [1.29, 1.82) is 0 Å². The normalized spacial score (nSPS) is 12.0. The lowest BCUT2D eigenvalue weighted by molar-refractivity contribution is -0.140. The van der Waals surface area contributed by atoms with E-state index in [-0.39, 0.29) is 18.2 Å². The first-order valence-electron chi connectivity index (χ1n) is 9.74. The lowest BCUT2D eigenvalue weighted by atomic mass is 10.1. The standard InChI is InChI=1S/C23H28Cl2N2O2/c1-15(2)13-26-23(29)17(4)27(14-19-7-5-6-16(3)10-19)22(28)12-18-8-9-20(24)21(25)11-18/h5-11,15,17H,12-14H2,1-4H3,(H,26,29)/t17-/m1/s1. The largest absolute Gasteiger partial charge is 0.354 e.